The summed E-state index contributed by atoms with van der Waals surface area (Å²) >= 11 is 6.52. The van der Waals surface area contributed by atoms with Gasteiger partial charge in [0.15, 0.2) is 5.15 Å². The number of imidazole rings is 1. The van der Waals surface area contributed by atoms with E-state index in [0.29, 0.717) is 58.9 Å². The first-order valence-electron chi connectivity index (χ1n) is 12.5. The first-order valence-corrected chi connectivity index (χ1v) is 14.4. The molecule has 0 amide bonds. The number of aromatic nitrogens is 6. The van der Waals surface area contributed by atoms with Crippen molar-refractivity contribution in [2.45, 2.75) is 26.3 Å². The van der Waals surface area contributed by atoms with Gasteiger partial charge >= 0.3 is 0 Å². The fourth-order valence-corrected chi connectivity index (χ4v) is 6.05. The second-order valence-electron chi connectivity index (χ2n) is 9.62. The van der Waals surface area contributed by atoms with Crippen LogP contribution in [0.2, 0.25) is 5.15 Å². The fraction of sp³-hybridized carbons (Fsp3) is 0.259. The van der Waals surface area contributed by atoms with Crippen LogP contribution in [0.15, 0.2) is 60.8 Å². The van der Waals surface area contributed by atoms with Crippen LogP contribution in [0.1, 0.15) is 18.7 Å². The molecule has 0 bridgehead atoms. The van der Waals surface area contributed by atoms with Crippen molar-refractivity contribution in [2.24, 2.45) is 5.92 Å². The molecular weight excluding hydrogens is 538 g/mol. The molecule has 10 nitrogen and oxygen atoms in total. The van der Waals surface area contributed by atoms with Gasteiger partial charge in [0, 0.05) is 48.9 Å². The van der Waals surface area contributed by atoms with Gasteiger partial charge in [0.05, 0.1) is 28.3 Å². The highest BCUT2D eigenvalue weighted by Crippen LogP contribution is 2.31. The third-order valence-corrected chi connectivity index (χ3v) is 8.67. The van der Waals surface area contributed by atoms with Crippen LogP contribution in [0.5, 0.6) is 11.5 Å². The van der Waals surface area contributed by atoms with E-state index in [-0.39, 0.29) is 0 Å². The van der Waals surface area contributed by atoms with Crippen LogP contribution in [0.25, 0.3) is 33.3 Å². The van der Waals surface area contributed by atoms with Crippen LogP contribution < -0.4 is 4.74 Å². The summed E-state index contributed by atoms with van der Waals surface area (Å²) in [5.74, 6) is 2.47. The number of fused-ring (bicyclic) bond motifs is 2. The number of hydrogen-bond donors (Lipinski definition) is 1. The molecule has 0 atom stereocenters. The Morgan fingerprint density at radius 2 is 1.82 bits per heavy atom. The fourth-order valence-electron chi connectivity index (χ4n) is 4.88. The van der Waals surface area contributed by atoms with E-state index in [0.717, 1.165) is 40.7 Å². The van der Waals surface area contributed by atoms with E-state index in [9.17, 15) is 8.42 Å². The van der Waals surface area contributed by atoms with E-state index in [1.165, 1.54) is 4.31 Å². The number of sulfonamides is 1. The van der Waals surface area contributed by atoms with Gasteiger partial charge < -0.3 is 9.72 Å². The number of H-pyrrole nitrogens is 1. The van der Waals surface area contributed by atoms with Crippen molar-refractivity contribution in [1.82, 2.24) is 34.0 Å². The molecule has 1 saturated heterocycles. The predicted molar refractivity (Wildman–Crippen MR) is 150 cm³/mol. The van der Waals surface area contributed by atoms with E-state index in [1.807, 2.05) is 54.2 Å². The molecule has 5 aromatic rings. The normalized spacial score (nSPS) is 15.2. The van der Waals surface area contributed by atoms with Crippen LogP contribution in [0, 0.1) is 12.8 Å². The molecule has 1 fully saturated rings. The lowest BCUT2D eigenvalue weighted by atomic mass is 9.98. The van der Waals surface area contributed by atoms with Crippen molar-refractivity contribution < 1.29 is 13.2 Å². The molecule has 6 rings (SSSR count). The molecule has 0 radical (unpaired) electrons. The highest BCUT2D eigenvalue weighted by Gasteiger charge is 2.26. The van der Waals surface area contributed by atoms with Crippen LogP contribution in [0.3, 0.4) is 0 Å². The maximum atomic E-state index is 12.0. The van der Waals surface area contributed by atoms with Crippen LogP contribution >= 0.6 is 11.6 Å². The average Bonchev–Trinajstić information content (AvgIpc) is 3.54. The highest BCUT2D eigenvalue weighted by molar-refractivity contribution is 7.92. The molecule has 1 aliphatic heterocycles. The number of halogens is 1. The number of aromatic amines is 1. The summed E-state index contributed by atoms with van der Waals surface area (Å²) < 4.78 is 33.5. The van der Waals surface area contributed by atoms with Crippen molar-refractivity contribution in [3.63, 3.8) is 0 Å². The van der Waals surface area contributed by atoms with E-state index >= 15 is 0 Å². The van der Waals surface area contributed by atoms with Gasteiger partial charge in [0.2, 0.25) is 10.0 Å². The number of rotatable bonds is 7. The maximum absolute atomic E-state index is 12.0. The predicted octanol–water partition coefficient (Wildman–Crippen LogP) is 5.31. The smallest absolute Gasteiger partial charge is 0.235 e. The molecule has 2 aromatic carbocycles. The van der Waals surface area contributed by atoms with Crippen molar-refractivity contribution in [2.75, 3.05) is 13.1 Å². The first-order chi connectivity index (χ1) is 18.8. The minimum Gasteiger partial charge on any atom is -0.457 e. The Kier molecular flexibility index (Phi) is 6.57. The van der Waals surface area contributed by atoms with Crippen LogP contribution in [0.4, 0.5) is 0 Å². The summed E-state index contributed by atoms with van der Waals surface area (Å²) in [6, 6.07) is 11.2. The molecule has 12 heteroatoms. The Morgan fingerprint density at radius 1 is 1.08 bits per heavy atom. The van der Waals surface area contributed by atoms with Crippen molar-refractivity contribution in [3.05, 3.63) is 71.8 Å². The van der Waals surface area contributed by atoms with Crippen LogP contribution in [-0.4, -0.2) is 55.5 Å². The minimum absolute atomic E-state index is 0.290. The number of aryl methyl sites for hydroxylation is 1. The number of benzene rings is 2. The average molecular weight is 564 g/mol. The summed E-state index contributed by atoms with van der Waals surface area (Å²) in [6.07, 6.45) is 5.14. The molecule has 0 aliphatic carbocycles. The molecule has 39 heavy (non-hydrogen) atoms. The number of ether oxygens (including phenoxy) is 1. The molecule has 1 aliphatic rings. The lowest BCUT2D eigenvalue weighted by molar-refractivity contribution is 0.249. The maximum Gasteiger partial charge on any atom is 0.235 e. The molecule has 1 N–H and O–H groups in total. The lowest BCUT2D eigenvalue weighted by Gasteiger charge is -2.30. The van der Waals surface area contributed by atoms with Crippen molar-refractivity contribution in [3.8, 4) is 22.8 Å². The third kappa shape index (κ3) is 5.25. The van der Waals surface area contributed by atoms with Crippen molar-refractivity contribution >= 4 is 43.7 Å². The summed E-state index contributed by atoms with van der Waals surface area (Å²) in [4.78, 5) is 17.0. The van der Waals surface area contributed by atoms with E-state index in [2.05, 4.69) is 26.6 Å². The molecule has 200 valence electrons. The topological polar surface area (TPSA) is 119 Å². The number of piperidine rings is 1. The van der Waals surface area contributed by atoms with Gasteiger partial charge in [-0.3, -0.25) is 4.68 Å². The zero-order chi connectivity index (χ0) is 27.1. The van der Waals surface area contributed by atoms with Gasteiger partial charge in [-0.05, 0) is 49.9 Å². The third-order valence-electron chi connectivity index (χ3n) is 6.90. The monoisotopic (exact) mass is 563 g/mol. The number of nitrogens with one attached hydrogen (secondary N) is 1. The molecule has 4 heterocycles. The summed E-state index contributed by atoms with van der Waals surface area (Å²) in [7, 11) is -3.37. The quantitative estimate of drug-likeness (QED) is 0.285. The van der Waals surface area contributed by atoms with Gasteiger partial charge in [0.25, 0.3) is 0 Å². The van der Waals surface area contributed by atoms with Gasteiger partial charge in [-0.1, -0.05) is 18.2 Å². The summed E-state index contributed by atoms with van der Waals surface area (Å²) in [5.41, 5.74) is 4.39. The minimum atomic E-state index is -3.37. The first kappa shape index (κ1) is 25.5. The zero-order valence-electron chi connectivity index (χ0n) is 21.2. The Morgan fingerprint density at radius 3 is 2.59 bits per heavy atom. The second-order valence-corrected chi connectivity index (χ2v) is 11.9. The van der Waals surface area contributed by atoms with E-state index in [4.69, 9.17) is 21.3 Å². The van der Waals surface area contributed by atoms with Gasteiger partial charge in [-0.2, -0.15) is 9.40 Å². The number of nitrogens with zero attached hydrogens (tertiary/aromatic N) is 6. The molecule has 0 saturated carbocycles. The Labute approximate surface area is 230 Å². The van der Waals surface area contributed by atoms with Gasteiger partial charge in [0.1, 0.15) is 23.0 Å². The zero-order valence-corrected chi connectivity index (χ0v) is 22.8. The van der Waals surface area contributed by atoms with Gasteiger partial charge in [-0.25, -0.2) is 23.4 Å². The van der Waals surface area contributed by atoms with Crippen LogP contribution in [-0.2, 0) is 16.6 Å². The summed E-state index contributed by atoms with van der Waals surface area (Å²) in [6.45, 7) is 6.97. The molecular formula is C27H26ClN7O3S. The summed E-state index contributed by atoms with van der Waals surface area (Å²) in [5, 5.41) is 5.80. The molecule has 0 unspecified atom stereocenters. The molecule has 0 spiro atoms. The van der Waals surface area contributed by atoms with E-state index in [1.54, 1.807) is 6.20 Å². The van der Waals surface area contributed by atoms with E-state index < -0.39 is 10.0 Å². The number of hydrogen-bond acceptors (Lipinski definition) is 7. The van der Waals surface area contributed by atoms with Gasteiger partial charge in [-0.15, -0.1) is 0 Å². The largest absolute Gasteiger partial charge is 0.457 e. The standard InChI is InChI=1S/C27H26ClN7O3S/c1-3-39(36,37)35-10-8-18(9-11-35)15-34-16-19(14-29-34)26-27(28)33-23-7-5-21(13-25(23)32-26)38-20-4-6-22-24(12-20)31-17(2)30-22/h3-7,12-14,16,18H,1,8-11,15H2,2H3,(H,30,31). The second kappa shape index (κ2) is 10.1. The highest BCUT2D eigenvalue weighted by atomic mass is 35.5. The Bertz CT molecular complexity index is 1810. The lowest BCUT2D eigenvalue weighted by Crippen LogP contribution is -2.38. The Hall–Kier alpha value is -3.80. The van der Waals surface area contributed by atoms with Crippen molar-refractivity contribution in [1.29, 1.82) is 0 Å². The molecule has 3 aromatic heterocycles. The SMILES string of the molecule is C=CS(=O)(=O)N1CCC(Cn2cc(-c3nc4cc(Oc5ccc6nc(C)[nH]c6c5)ccc4nc3Cl)cn2)CC1. The Balaban J connectivity index is 1.19.